The zero-order chi connectivity index (χ0) is 31.0. The van der Waals surface area contributed by atoms with Crippen LogP contribution >= 0.6 is 0 Å². The van der Waals surface area contributed by atoms with Crippen molar-refractivity contribution in [3.8, 4) is 0 Å². The summed E-state index contributed by atoms with van der Waals surface area (Å²) in [5.74, 6) is -0.950. The van der Waals surface area contributed by atoms with Crippen molar-refractivity contribution in [2.45, 2.75) is 23.6 Å². The second-order valence-corrected chi connectivity index (χ2v) is 14.6. The van der Waals surface area contributed by atoms with Crippen LogP contribution in [-0.2, 0) is 29.6 Å². The molecule has 0 aromatic heterocycles. The third-order valence-corrected chi connectivity index (χ3v) is 10.9. The van der Waals surface area contributed by atoms with Gasteiger partial charge in [-0.2, -0.15) is 8.61 Å². The lowest BCUT2D eigenvalue weighted by molar-refractivity contribution is -0.115. The average molecular weight is 626 g/mol. The lowest BCUT2D eigenvalue weighted by Gasteiger charge is -2.52. The summed E-state index contributed by atoms with van der Waals surface area (Å²) in [5.41, 5.74) is -0.176. The van der Waals surface area contributed by atoms with Crippen LogP contribution in [0.4, 0.5) is 11.4 Å². The smallest absolute Gasteiger partial charge is 0.244 e. The standard InChI is InChI=1S/C29H31N5O7S2/c1-21(35)30-24-8-12-26(13-9-24)42(38,39)33-17-29(28(37)23-6-4-3-5-7-23)16-32(19-33)20-34(18-29)43(40,41)27-14-10-25(11-15-27)31-22(2)36/h3-15H,16-20H2,1-2H3,(H,30,35)(H,31,36). The second-order valence-electron chi connectivity index (χ2n) is 10.7. The Balaban J connectivity index is 1.49. The number of Topliss-reactive ketones (excluding diaryl/α,β-unsaturated/α-hetero) is 1. The minimum atomic E-state index is -4.10. The molecular formula is C29H31N5O7S2. The van der Waals surface area contributed by atoms with Crippen LogP contribution in [0.1, 0.15) is 24.2 Å². The van der Waals surface area contributed by atoms with Gasteiger partial charge in [0.15, 0.2) is 5.78 Å². The van der Waals surface area contributed by atoms with Crippen LogP contribution in [0.5, 0.6) is 0 Å². The van der Waals surface area contributed by atoms with Crippen molar-refractivity contribution >= 4 is 49.0 Å². The van der Waals surface area contributed by atoms with E-state index in [1.807, 2.05) is 0 Å². The molecular weight excluding hydrogens is 594 g/mol. The maximum Gasteiger partial charge on any atom is 0.244 e. The highest BCUT2D eigenvalue weighted by Crippen LogP contribution is 2.38. The molecule has 3 aromatic carbocycles. The van der Waals surface area contributed by atoms with Crippen molar-refractivity contribution in [2.24, 2.45) is 5.41 Å². The van der Waals surface area contributed by atoms with Gasteiger partial charge in [0.2, 0.25) is 31.9 Å². The van der Waals surface area contributed by atoms with E-state index in [2.05, 4.69) is 10.6 Å². The Morgan fingerprint density at radius 3 is 1.44 bits per heavy atom. The highest BCUT2D eigenvalue weighted by Gasteiger charge is 2.54. The lowest BCUT2D eigenvalue weighted by atomic mass is 9.77. The highest BCUT2D eigenvalue weighted by atomic mass is 32.2. The summed E-state index contributed by atoms with van der Waals surface area (Å²) in [6.45, 7) is 2.13. The van der Waals surface area contributed by atoms with Gasteiger partial charge in [-0.1, -0.05) is 30.3 Å². The molecule has 2 bridgehead atoms. The Morgan fingerprint density at radius 2 is 1.05 bits per heavy atom. The summed E-state index contributed by atoms with van der Waals surface area (Å²) in [5, 5.41) is 5.19. The van der Waals surface area contributed by atoms with Crippen molar-refractivity contribution in [3.05, 3.63) is 84.4 Å². The van der Waals surface area contributed by atoms with Gasteiger partial charge in [-0.05, 0) is 48.5 Å². The molecule has 2 aliphatic heterocycles. The molecule has 2 aliphatic rings. The van der Waals surface area contributed by atoms with E-state index in [9.17, 15) is 31.2 Å². The number of hydrogen-bond acceptors (Lipinski definition) is 8. The largest absolute Gasteiger partial charge is 0.326 e. The Labute approximate surface area is 250 Å². The fourth-order valence-corrected chi connectivity index (χ4v) is 8.52. The molecule has 0 radical (unpaired) electrons. The van der Waals surface area contributed by atoms with E-state index in [-0.39, 0.29) is 60.4 Å². The Kier molecular flexibility index (Phi) is 8.24. The predicted molar refractivity (Wildman–Crippen MR) is 159 cm³/mol. The van der Waals surface area contributed by atoms with Crippen LogP contribution in [0.15, 0.2) is 88.7 Å². The van der Waals surface area contributed by atoms with Gasteiger partial charge in [0.1, 0.15) is 0 Å². The molecule has 2 heterocycles. The number of rotatable bonds is 8. The first-order valence-electron chi connectivity index (χ1n) is 13.4. The van der Waals surface area contributed by atoms with Gasteiger partial charge in [-0.25, -0.2) is 16.8 Å². The van der Waals surface area contributed by atoms with E-state index < -0.39 is 25.5 Å². The van der Waals surface area contributed by atoms with Crippen LogP contribution in [0.2, 0.25) is 0 Å². The Hall–Kier alpha value is -3.95. The third-order valence-electron chi connectivity index (χ3n) is 7.34. The molecule has 12 nitrogen and oxygen atoms in total. The number of nitrogens with one attached hydrogen (secondary N) is 2. The summed E-state index contributed by atoms with van der Waals surface area (Å²) in [6, 6.07) is 19.9. The summed E-state index contributed by atoms with van der Waals surface area (Å²) in [6.07, 6.45) is 0. The molecule has 14 heteroatoms. The first-order valence-corrected chi connectivity index (χ1v) is 16.3. The molecule has 2 saturated heterocycles. The van der Waals surface area contributed by atoms with E-state index in [0.29, 0.717) is 16.9 Å². The highest BCUT2D eigenvalue weighted by molar-refractivity contribution is 7.89. The number of hydrogen-bond donors (Lipinski definition) is 2. The number of amides is 2. The first-order chi connectivity index (χ1) is 20.3. The van der Waals surface area contributed by atoms with Gasteiger partial charge in [-0.15, -0.1) is 0 Å². The molecule has 2 fully saturated rings. The first kappa shape index (κ1) is 30.5. The molecule has 43 heavy (non-hydrogen) atoms. The number of fused-ring (bicyclic) bond motifs is 2. The molecule has 2 amide bonds. The maximum atomic E-state index is 14.1. The SMILES string of the molecule is CC(=O)Nc1ccc(S(=O)(=O)N2CN3CN(S(=O)(=O)c4ccc(NC(C)=O)cc4)CC(C(=O)c4ccccc4)(C3)C2)cc1. The topological polar surface area (TPSA) is 153 Å². The number of carbonyl (C=O) groups is 3. The van der Waals surface area contributed by atoms with Gasteiger partial charge in [0, 0.05) is 50.4 Å². The number of carbonyl (C=O) groups excluding carboxylic acids is 3. The molecule has 226 valence electrons. The predicted octanol–water partition coefficient (Wildman–Crippen LogP) is 2.40. The molecule has 2 N–H and O–H groups in total. The van der Waals surface area contributed by atoms with Crippen molar-refractivity contribution in [2.75, 3.05) is 43.6 Å². The molecule has 0 saturated carbocycles. The van der Waals surface area contributed by atoms with Crippen molar-refractivity contribution in [1.29, 1.82) is 0 Å². The minimum absolute atomic E-state index is 0.0196. The van der Waals surface area contributed by atoms with E-state index in [0.717, 1.165) is 0 Å². The van der Waals surface area contributed by atoms with Crippen molar-refractivity contribution in [1.82, 2.24) is 13.5 Å². The third kappa shape index (κ3) is 6.24. The summed E-state index contributed by atoms with van der Waals surface area (Å²) in [7, 11) is -8.20. The van der Waals surface area contributed by atoms with Gasteiger partial charge in [0.05, 0.1) is 28.5 Å². The molecule has 0 atom stereocenters. The van der Waals surface area contributed by atoms with Crippen LogP contribution in [0.3, 0.4) is 0 Å². The molecule has 3 aromatic rings. The monoisotopic (exact) mass is 625 g/mol. The number of benzene rings is 3. The number of nitrogens with zero attached hydrogens (tertiary/aromatic N) is 3. The normalized spacial score (nSPS) is 21.1. The summed E-state index contributed by atoms with van der Waals surface area (Å²) >= 11 is 0. The van der Waals surface area contributed by atoms with E-state index >= 15 is 0 Å². The average Bonchev–Trinajstić information content (AvgIpc) is 2.96. The van der Waals surface area contributed by atoms with E-state index in [1.54, 1.807) is 35.2 Å². The lowest BCUT2D eigenvalue weighted by Crippen LogP contribution is -2.69. The van der Waals surface area contributed by atoms with Crippen LogP contribution in [0, 0.1) is 5.41 Å². The van der Waals surface area contributed by atoms with E-state index in [4.69, 9.17) is 0 Å². The molecule has 0 unspecified atom stereocenters. The second kappa shape index (κ2) is 11.6. The number of sulfonamides is 2. The molecule has 5 rings (SSSR count). The Bertz CT molecular complexity index is 1660. The van der Waals surface area contributed by atoms with Crippen molar-refractivity contribution < 1.29 is 31.2 Å². The summed E-state index contributed by atoms with van der Waals surface area (Å²) < 4.78 is 57.6. The van der Waals surface area contributed by atoms with Crippen molar-refractivity contribution in [3.63, 3.8) is 0 Å². The fraction of sp³-hybridized carbons (Fsp3) is 0.276. The van der Waals surface area contributed by atoms with Gasteiger partial charge >= 0.3 is 0 Å². The quantitative estimate of drug-likeness (QED) is 0.362. The zero-order valence-corrected chi connectivity index (χ0v) is 25.2. The van der Waals surface area contributed by atoms with Gasteiger partial charge < -0.3 is 10.6 Å². The summed E-state index contributed by atoms with van der Waals surface area (Å²) in [4.78, 5) is 38.4. The van der Waals surface area contributed by atoms with Crippen LogP contribution < -0.4 is 10.6 Å². The molecule has 0 aliphatic carbocycles. The Morgan fingerprint density at radius 1 is 0.628 bits per heavy atom. The van der Waals surface area contributed by atoms with Gasteiger partial charge in [-0.3, -0.25) is 19.3 Å². The fourth-order valence-electron chi connectivity index (χ4n) is 5.50. The van der Waals surface area contributed by atoms with Crippen LogP contribution in [-0.4, -0.2) is 80.9 Å². The van der Waals surface area contributed by atoms with Gasteiger partial charge in [0.25, 0.3) is 0 Å². The molecule has 0 spiro atoms. The maximum absolute atomic E-state index is 14.1. The van der Waals surface area contributed by atoms with E-state index in [1.165, 1.54) is 71.0 Å². The number of ketones is 1. The zero-order valence-electron chi connectivity index (χ0n) is 23.6. The van der Waals surface area contributed by atoms with Crippen LogP contribution in [0.25, 0.3) is 0 Å². The minimum Gasteiger partial charge on any atom is -0.326 e. The number of anilines is 2.